The Kier molecular flexibility index (Phi) is 6.20. The van der Waals surface area contributed by atoms with Crippen molar-refractivity contribution in [1.29, 1.82) is 0 Å². The molecule has 0 amide bonds. The first-order valence-corrected chi connectivity index (χ1v) is 3.78. The molecule has 3 heteroatoms. The molecule has 0 aliphatic carbocycles. The van der Waals surface area contributed by atoms with Crippen LogP contribution in [0, 0.1) is 12.3 Å². The lowest BCUT2D eigenvalue weighted by atomic mass is 10.3. The Bertz CT molecular complexity index is 155. The maximum atomic E-state index is 5.45. The van der Waals surface area contributed by atoms with Gasteiger partial charge in [0.25, 0.3) is 0 Å². The van der Waals surface area contributed by atoms with Gasteiger partial charge in [-0.05, 0) is 13.3 Å². The number of guanidine groups is 1. The first kappa shape index (κ1) is 9.83. The lowest BCUT2D eigenvalue weighted by Crippen LogP contribution is -2.31. The standard InChI is InChI=1S/C8H15N3/c1-3-5-6-7-11-8(9)10-4-2/h1H,4-7H2,2H3,(H3,9,10,11). The van der Waals surface area contributed by atoms with Crippen LogP contribution in [0.4, 0.5) is 0 Å². The van der Waals surface area contributed by atoms with Crippen LogP contribution in [-0.4, -0.2) is 19.0 Å². The number of nitrogens with zero attached hydrogens (tertiary/aromatic N) is 1. The number of aliphatic imine (C=N–C) groups is 1. The van der Waals surface area contributed by atoms with Gasteiger partial charge in [-0.1, -0.05) is 0 Å². The summed E-state index contributed by atoms with van der Waals surface area (Å²) in [6, 6.07) is 0. The summed E-state index contributed by atoms with van der Waals surface area (Å²) < 4.78 is 0. The number of hydrogen-bond acceptors (Lipinski definition) is 1. The van der Waals surface area contributed by atoms with Crippen LogP contribution in [0.3, 0.4) is 0 Å². The molecule has 0 atom stereocenters. The molecule has 3 N–H and O–H groups in total. The summed E-state index contributed by atoms with van der Waals surface area (Å²) >= 11 is 0. The van der Waals surface area contributed by atoms with E-state index in [0.29, 0.717) is 12.5 Å². The molecular weight excluding hydrogens is 138 g/mol. The second-order valence-corrected chi connectivity index (χ2v) is 2.10. The average Bonchev–Trinajstić information content (AvgIpc) is 1.99. The van der Waals surface area contributed by atoms with E-state index in [-0.39, 0.29) is 0 Å². The quantitative estimate of drug-likeness (QED) is 0.264. The van der Waals surface area contributed by atoms with E-state index in [1.165, 1.54) is 0 Å². The van der Waals surface area contributed by atoms with Gasteiger partial charge in [-0.15, -0.1) is 12.3 Å². The van der Waals surface area contributed by atoms with E-state index in [0.717, 1.165) is 19.4 Å². The van der Waals surface area contributed by atoms with Crippen LogP contribution in [-0.2, 0) is 0 Å². The summed E-state index contributed by atoms with van der Waals surface area (Å²) in [5, 5.41) is 2.90. The van der Waals surface area contributed by atoms with E-state index in [1.54, 1.807) is 0 Å². The predicted molar refractivity (Wildman–Crippen MR) is 48.2 cm³/mol. The summed E-state index contributed by atoms with van der Waals surface area (Å²) in [4.78, 5) is 4.04. The lowest BCUT2D eigenvalue weighted by Gasteiger charge is -1.99. The number of hydrogen-bond donors (Lipinski definition) is 2. The smallest absolute Gasteiger partial charge is 0.188 e. The minimum Gasteiger partial charge on any atom is -0.370 e. The van der Waals surface area contributed by atoms with Gasteiger partial charge in [0.2, 0.25) is 0 Å². The fraction of sp³-hybridized carbons (Fsp3) is 0.625. The average molecular weight is 153 g/mol. The summed E-state index contributed by atoms with van der Waals surface area (Å²) in [5.41, 5.74) is 5.45. The molecule has 0 unspecified atom stereocenters. The van der Waals surface area contributed by atoms with Crippen LogP contribution in [0.5, 0.6) is 0 Å². The molecule has 0 fully saturated rings. The van der Waals surface area contributed by atoms with Gasteiger partial charge in [0.1, 0.15) is 0 Å². The molecule has 62 valence electrons. The van der Waals surface area contributed by atoms with Gasteiger partial charge in [0, 0.05) is 19.5 Å². The van der Waals surface area contributed by atoms with Crippen molar-refractivity contribution in [2.45, 2.75) is 19.8 Å². The van der Waals surface area contributed by atoms with E-state index >= 15 is 0 Å². The van der Waals surface area contributed by atoms with Crippen molar-refractivity contribution in [2.75, 3.05) is 13.1 Å². The zero-order valence-corrected chi connectivity index (χ0v) is 6.93. The van der Waals surface area contributed by atoms with Gasteiger partial charge in [0.05, 0.1) is 0 Å². The monoisotopic (exact) mass is 153 g/mol. The maximum absolute atomic E-state index is 5.45. The van der Waals surface area contributed by atoms with Gasteiger partial charge in [-0.2, -0.15) is 0 Å². The van der Waals surface area contributed by atoms with Gasteiger partial charge >= 0.3 is 0 Å². The second kappa shape index (κ2) is 6.94. The highest BCUT2D eigenvalue weighted by molar-refractivity contribution is 5.77. The first-order chi connectivity index (χ1) is 5.31. The highest BCUT2D eigenvalue weighted by atomic mass is 15.1. The van der Waals surface area contributed by atoms with E-state index in [2.05, 4.69) is 16.2 Å². The van der Waals surface area contributed by atoms with Gasteiger partial charge in [-0.3, -0.25) is 4.99 Å². The SMILES string of the molecule is C#CCCCN=C(N)NCC. The fourth-order valence-electron chi connectivity index (χ4n) is 0.618. The van der Waals surface area contributed by atoms with Gasteiger partial charge in [-0.25, -0.2) is 0 Å². The second-order valence-electron chi connectivity index (χ2n) is 2.10. The molecule has 0 radical (unpaired) electrons. The number of terminal acetylenes is 1. The number of rotatable bonds is 4. The molecule has 11 heavy (non-hydrogen) atoms. The predicted octanol–water partition coefficient (Wildman–Crippen LogP) is 0.324. The third-order valence-electron chi connectivity index (χ3n) is 1.12. The van der Waals surface area contributed by atoms with Crippen molar-refractivity contribution in [1.82, 2.24) is 5.32 Å². The zero-order valence-electron chi connectivity index (χ0n) is 6.93. The molecule has 0 bridgehead atoms. The molecule has 0 aromatic heterocycles. The summed E-state index contributed by atoms with van der Waals surface area (Å²) in [6.45, 7) is 3.50. The Morgan fingerprint density at radius 2 is 2.45 bits per heavy atom. The molecule has 0 heterocycles. The molecule has 0 aromatic rings. The molecule has 0 aliphatic heterocycles. The van der Waals surface area contributed by atoms with Crippen LogP contribution in [0.2, 0.25) is 0 Å². The molecule has 0 aromatic carbocycles. The largest absolute Gasteiger partial charge is 0.370 e. The first-order valence-electron chi connectivity index (χ1n) is 3.78. The van der Waals surface area contributed by atoms with Gasteiger partial charge in [0.15, 0.2) is 5.96 Å². The normalized spacial score (nSPS) is 10.7. The van der Waals surface area contributed by atoms with Crippen LogP contribution < -0.4 is 11.1 Å². The van der Waals surface area contributed by atoms with Crippen LogP contribution >= 0.6 is 0 Å². The minimum atomic E-state index is 0.504. The molecule has 0 saturated heterocycles. The zero-order chi connectivity index (χ0) is 8.53. The van der Waals surface area contributed by atoms with E-state index in [4.69, 9.17) is 12.2 Å². The number of nitrogens with one attached hydrogen (secondary N) is 1. The van der Waals surface area contributed by atoms with E-state index < -0.39 is 0 Å². The van der Waals surface area contributed by atoms with Crippen LogP contribution in [0.15, 0.2) is 4.99 Å². The van der Waals surface area contributed by atoms with Crippen molar-refractivity contribution in [3.05, 3.63) is 0 Å². The third kappa shape index (κ3) is 6.72. The van der Waals surface area contributed by atoms with E-state index in [9.17, 15) is 0 Å². The summed E-state index contributed by atoms with van der Waals surface area (Å²) in [7, 11) is 0. The Morgan fingerprint density at radius 3 is 3.00 bits per heavy atom. The molecule has 0 saturated carbocycles. The maximum Gasteiger partial charge on any atom is 0.188 e. The Balaban J connectivity index is 3.33. The van der Waals surface area contributed by atoms with Crippen molar-refractivity contribution >= 4 is 5.96 Å². The molecule has 0 spiro atoms. The van der Waals surface area contributed by atoms with Crippen LogP contribution in [0.1, 0.15) is 19.8 Å². The van der Waals surface area contributed by atoms with Crippen molar-refractivity contribution in [3.8, 4) is 12.3 Å². The number of unbranched alkanes of at least 4 members (excludes halogenated alkanes) is 1. The summed E-state index contributed by atoms with van der Waals surface area (Å²) in [5.74, 6) is 3.05. The van der Waals surface area contributed by atoms with Crippen molar-refractivity contribution in [2.24, 2.45) is 10.7 Å². The lowest BCUT2D eigenvalue weighted by molar-refractivity contribution is 0.850. The molecule has 0 aliphatic rings. The highest BCUT2D eigenvalue weighted by Gasteiger charge is 1.85. The third-order valence-corrected chi connectivity index (χ3v) is 1.12. The topological polar surface area (TPSA) is 50.4 Å². The summed E-state index contributed by atoms with van der Waals surface area (Å²) in [6.07, 6.45) is 6.73. The minimum absolute atomic E-state index is 0.504. The Hall–Kier alpha value is -1.17. The Morgan fingerprint density at radius 1 is 1.73 bits per heavy atom. The van der Waals surface area contributed by atoms with Crippen LogP contribution in [0.25, 0.3) is 0 Å². The molecule has 3 nitrogen and oxygen atoms in total. The fourth-order valence-corrected chi connectivity index (χ4v) is 0.618. The molecular formula is C8H15N3. The van der Waals surface area contributed by atoms with Gasteiger partial charge < -0.3 is 11.1 Å². The highest BCUT2D eigenvalue weighted by Crippen LogP contribution is 1.85. The van der Waals surface area contributed by atoms with Crippen molar-refractivity contribution in [3.63, 3.8) is 0 Å². The molecule has 0 rings (SSSR count). The van der Waals surface area contributed by atoms with E-state index in [1.807, 2.05) is 6.92 Å². The Labute approximate surface area is 68.1 Å². The number of nitrogens with two attached hydrogens (primary N) is 1. The van der Waals surface area contributed by atoms with Crippen molar-refractivity contribution < 1.29 is 0 Å².